The number of methoxy groups -OCH3 is 1. The molecule has 0 unspecified atom stereocenters. The van der Waals surface area contributed by atoms with Gasteiger partial charge in [0.25, 0.3) is 10.1 Å². The molecule has 0 amide bonds. The largest absolute Gasteiger partial charge is 0.385 e. The molecule has 3 N–H and O–H groups in total. The average Bonchev–Trinajstić information content (AvgIpc) is 2.90. The van der Waals surface area contributed by atoms with E-state index in [-0.39, 0.29) is 40.7 Å². The van der Waals surface area contributed by atoms with Crippen LogP contribution in [0.15, 0.2) is 62.2 Å². The zero-order chi connectivity index (χ0) is 30.1. The molecule has 0 saturated carbocycles. The van der Waals surface area contributed by atoms with E-state index in [4.69, 9.17) is 4.74 Å². The number of azo groups is 1. The maximum atomic E-state index is 12.1. The molecule has 1 heterocycles. The van der Waals surface area contributed by atoms with Gasteiger partial charge in [-0.3, -0.25) is 4.55 Å². The molecule has 0 saturated heterocycles. The third-order valence-electron chi connectivity index (χ3n) is 5.29. The Morgan fingerprint density at radius 3 is 2.33 bits per heavy atom. The fourth-order valence-electron chi connectivity index (χ4n) is 3.18. The highest BCUT2D eigenvalue weighted by molar-refractivity contribution is 7.94. The minimum absolute atomic E-state index is 0.0213. The molecule has 0 aliphatic carbocycles. The van der Waals surface area contributed by atoms with Crippen molar-refractivity contribution in [3.8, 4) is 6.07 Å². The number of hydrogen-bond donors (Lipinski definition) is 3. The maximum Gasteiger partial charge on any atom is 0.296 e. The molecular weight excluding hydrogens is 584 g/mol. The predicted octanol–water partition coefficient (Wildman–Crippen LogP) is 3.26. The number of rotatable bonds is 15. The van der Waals surface area contributed by atoms with Crippen molar-refractivity contribution in [2.45, 2.75) is 23.1 Å². The molecule has 0 fully saturated rings. The highest BCUT2D eigenvalue weighted by Gasteiger charge is 2.22. The number of hydrogen-bond acceptors (Lipinski definition) is 13. The van der Waals surface area contributed by atoms with Gasteiger partial charge in [0.15, 0.2) is 25.5 Å². The Morgan fingerprint density at radius 2 is 1.75 bits per heavy atom. The zero-order valence-electron chi connectivity index (χ0n) is 21.7. The van der Waals surface area contributed by atoms with Crippen LogP contribution in [0.3, 0.4) is 0 Å². The van der Waals surface area contributed by atoms with Gasteiger partial charge in [-0.2, -0.15) is 13.7 Å². The summed E-state index contributed by atoms with van der Waals surface area (Å²) in [5.74, 6) is -0.133. The van der Waals surface area contributed by atoms with E-state index in [0.29, 0.717) is 31.0 Å². The van der Waals surface area contributed by atoms with Gasteiger partial charge in [0, 0.05) is 43.2 Å². The smallest absolute Gasteiger partial charge is 0.296 e. The van der Waals surface area contributed by atoms with E-state index in [0.717, 1.165) is 17.5 Å². The Balaban J connectivity index is 2.66. The number of anilines is 2. The van der Waals surface area contributed by atoms with Gasteiger partial charge >= 0.3 is 0 Å². The first-order valence-corrected chi connectivity index (χ1v) is 16.1. The van der Waals surface area contributed by atoms with Crippen LogP contribution >= 0.6 is 0 Å². The standard InChI is InChI=1S/C23H28N6O8S3/c1-5-38(30,31)13-11-26-23-21(16(3)18(15-24)22(27-23)25-10-7-12-37-4)29-28-19-9-8-17(39(32,33)6-2)14-20(19)40(34,35)36/h5-6,8-9,14H,1-2,7,10-13H2,3-4H3,(H2,25,26,27)(H,34,35,36)/b29-28+. The van der Waals surface area contributed by atoms with Crippen molar-refractivity contribution in [2.24, 2.45) is 10.2 Å². The molecule has 2 aromatic rings. The average molecular weight is 613 g/mol. The molecule has 1 aromatic heterocycles. The van der Waals surface area contributed by atoms with Crippen LogP contribution in [0, 0.1) is 18.3 Å². The quantitative estimate of drug-likeness (QED) is 0.150. The van der Waals surface area contributed by atoms with E-state index in [9.17, 15) is 35.1 Å². The molecule has 216 valence electrons. The summed E-state index contributed by atoms with van der Waals surface area (Å²) < 4.78 is 86.6. The number of ether oxygens (including phenoxy) is 1. The van der Waals surface area contributed by atoms with Crippen molar-refractivity contribution >= 4 is 52.8 Å². The minimum Gasteiger partial charge on any atom is -0.385 e. The number of benzene rings is 1. The van der Waals surface area contributed by atoms with Crippen LogP contribution in [0.4, 0.5) is 23.0 Å². The molecule has 2 rings (SSSR count). The number of nitrogens with one attached hydrogen (secondary N) is 2. The summed E-state index contributed by atoms with van der Waals surface area (Å²) in [4.78, 5) is 3.08. The van der Waals surface area contributed by atoms with Gasteiger partial charge < -0.3 is 15.4 Å². The molecule has 14 nitrogen and oxygen atoms in total. The van der Waals surface area contributed by atoms with Crippen molar-refractivity contribution < 1.29 is 34.5 Å². The summed E-state index contributed by atoms with van der Waals surface area (Å²) in [6.45, 7) is 8.70. The molecule has 0 radical (unpaired) electrons. The topological polar surface area (TPSA) is 217 Å². The van der Waals surface area contributed by atoms with Crippen LogP contribution < -0.4 is 10.6 Å². The lowest BCUT2D eigenvalue weighted by atomic mass is 10.1. The van der Waals surface area contributed by atoms with E-state index in [1.165, 1.54) is 6.92 Å². The summed E-state index contributed by atoms with van der Waals surface area (Å²) >= 11 is 0. The number of pyridine rings is 1. The minimum atomic E-state index is -4.95. The van der Waals surface area contributed by atoms with Gasteiger partial charge in [-0.05, 0) is 31.5 Å². The lowest BCUT2D eigenvalue weighted by Crippen LogP contribution is -2.16. The number of aromatic nitrogens is 1. The highest BCUT2D eigenvalue weighted by Crippen LogP contribution is 2.36. The molecule has 17 heteroatoms. The molecule has 0 aliphatic rings. The second-order valence-electron chi connectivity index (χ2n) is 8.02. The summed E-state index contributed by atoms with van der Waals surface area (Å²) in [5, 5.41) is 25.0. The Labute approximate surface area is 233 Å². The van der Waals surface area contributed by atoms with Gasteiger partial charge in [-0.1, -0.05) is 13.2 Å². The molecule has 0 atom stereocenters. The summed E-state index contributed by atoms with van der Waals surface area (Å²) in [6.07, 6.45) is 0.597. The third kappa shape index (κ3) is 8.40. The van der Waals surface area contributed by atoms with Gasteiger partial charge in [0.1, 0.15) is 28.2 Å². The van der Waals surface area contributed by atoms with Crippen molar-refractivity contribution in [2.75, 3.05) is 43.2 Å². The van der Waals surface area contributed by atoms with Crippen molar-refractivity contribution in [1.29, 1.82) is 5.26 Å². The Hall–Kier alpha value is -3.69. The van der Waals surface area contributed by atoms with E-state index < -0.39 is 45.3 Å². The van der Waals surface area contributed by atoms with Gasteiger partial charge in [0.05, 0.1) is 16.2 Å². The number of nitrogens with zero attached hydrogens (tertiary/aromatic N) is 4. The van der Waals surface area contributed by atoms with Gasteiger partial charge in [-0.15, -0.1) is 10.2 Å². The fourth-order valence-corrected chi connectivity index (χ4v) is 5.19. The summed E-state index contributed by atoms with van der Waals surface area (Å²) in [7, 11) is -11.0. The third-order valence-corrected chi connectivity index (χ3v) is 8.81. The SMILES string of the molecule is C=CS(=O)(=O)CCNc1nc(NCCCOC)c(C#N)c(C)c1/N=N/c1ccc(S(=O)(=O)C=C)cc1S(=O)(=O)O. The Morgan fingerprint density at radius 1 is 1.07 bits per heavy atom. The van der Waals surface area contributed by atoms with Crippen LogP contribution in [0.5, 0.6) is 0 Å². The number of sulfone groups is 2. The second-order valence-corrected chi connectivity index (χ2v) is 13.4. The molecule has 0 aliphatic heterocycles. The molecule has 0 spiro atoms. The van der Waals surface area contributed by atoms with E-state index in [1.807, 2.05) is 6.07 Å². The maximum absolute atomic E-state index is 12.1. The van der Waals surface area contributed by atoms with Gasteiger partial charge in [0.2, 0.25) is 0 Å². The predicted molar refractivity (Wildman–Crippen MR) is 149 cm³/mol. The van der Waals surface area contributed by atoms with E-state index in [1.54, 1.807) is 7.11 Å². The van der Waals surface area contributed by atoms with Crippen LogP contribution in [0.25, 0.3) is 0 Å². The first-order valence-electron chi connectivity index (χ1n) is 11.4. The van der Waals surface area contributed by atoms with E-state index in [2.05, 4.69) is 39.0 Å². The summed E-state index contributed by atoms with van der Waals surface area (Å²) in [5.41, 5.74) is -0.0775. The van der Waals surface area contributed by atoms with Crippen LogP contribution in [-0.2, 0) is 34.5 Å². The Kier molecular flexibility index (Phi) is 11.0. The zero-order valence-corrected chi connectivity index (χ0v) is 24.1. The number of nitriles is 1. The Bertz CT molecular complexity index is 1680. The normalized spacial score (nSPS) is 12.2. The highest BCUT2D eigenvalue weighted by atomic mass is 32.2. The van der Waals surface area contributed by atoms with Crippen LogP contribution in [0.1, 0.15) is 17.5 Å². The monoisotopic (exact) mass is 612 g/mol. The van der Waals surface area contributed by atoms with Gasteiger partial charge in [-0.25, -0.2) is 21.8 Å². The summed E-state index contributed by atoms with van der Waals surface area (Å²) in [6, 6.07) is 4.80. The molecule has 40 heavy (non-hydrogen) atoms. The fraction of sp³-hybridized carbons (Fsp3) is 0.304. The molecule has 1 aromatic carbocycles. The lowest BCUT2D eigenvalue weighted by Gasteiger charge is -2.15. The molecular formula is C23H28N6O8S3. The van der Waals surface area contributed by atoms with Crippen molar-refractivity contribution in [1.82, 2.24) is 4.98 Å². The lowest BCUT2D eigenvalue weighted by molar-refractivity contribution is 0.197. The van der Waals surface area contributed by atoms with Crippen LogP contribution in [0.2, 0.25) is 0 Å². The van der Waals surface area contributed by atoms with Crippen molar-refractivity contribution in [3.63, 3.8) is 0 Å². The van der Waals surface area contributed by atoms with Crippen molar-refractivity contribution in [3.05, 3.63) is 53.3 Å². The van der Waals surface area contributed by atoms with Crippen LogP contribution in [-0.4, -0.2) is 67.3 Å². The molecule has 0 bridgehead atoms. The first kappa shape index (κ1) is 32.5. The van der Waals surface area contributed by atoms with E-state index >= 15 is 0 Å². The first-order chi connectivity index (χ1) is 18.7. The second kappa shape index (κ2) is 13.6.